The van der Waals surface area contributed by atoms with Crippen molar-refractivity contribution in [2.45, 2.75) is 71.7 Å². The molecule has 12 heteroatoms. The van der Waals surface area contributed by atoms with Crippen LogP contribution in [0.15, 0.2) is 24.4 Å². The van der Waals surface area contributed by atoms with Gasteiger partial charge in [0.1, 0.15) is 11.8 Å². The predicted molar refractivity (Wildman–Crippen MR) is 145 cm³/mol. The Kier molecular flexibility index (Phi) is 10.8. The first-order chi connectivity index (χ1) is 18.5. The van der Waals surface area contributed by atoms with Gasteiger partial charge in [-0.25, -0.2) is 0 Å². The minimum absolute atomic E-state index is 0.118. The van der Waals surface area contributed by atoms with E-state index in [4.69, 9.17) is 10.5 Å². The van der Waals surface area contributed by atoms with Crippen molar-refractivity contribution >= 4 is 17.7 Å². The number of fused-ring (bicyclic) bond motifs is 4. The third-order valence-corrected chi connectivity index (χ3v) is 6.55. The van der Waals surface area contributed by atoms with E-state index in [-0.39, 0.29) is 24.9 Å². The molecule has 3 atom stereocenters. The molecule has 0 saturated carbocycles. The third kappa shape index (κ3) is 8.75. The molecule has 0 spiro atoms. The molecule has 39 heavy (non-hydrogen) atoms. The van der Waals surface area contributed by atoms with Crippen LogP contribution in [0.4, 0.5) is 0 Å². The Balaban J connectivity index is 1.82. The van der Waals surface area contributed by atoms with Crippen LogP contribution in [0.2, 0.25) is 0 Å². The van der Waals surface area contributed by atoms with E-state index in [1.54, 1.807) is 27.8 Å². The summed E-state index contributed by atoms with van der Waals surface area (Å²) in [5.41, 5.74) is 8.10. The summed E-state index contributed by atoms with van der Waals surface area (Å²) in [5, 5.41) is 24.0. The number of nitrogens with zero attached hydrogens (tertiary/aromatic N) is 4. The summed E-state index contributed by atoms with van der Waals surface area (Å²) in [6.45, 7) is 9.00. The van der Waals surface area contributed by atoms with E-state index in [1.807, 2.05) is 27.0 Å². The van der Waals surface area contributed by atoms with E-state index in [0.29, 0.717) is 50.3 Å². The number of hydrogen-bond acceptors (Lipinski definition) is 8. The number of aromatic nitrogens is 3. The summed E-state index contributed by atoms with van der Waals surface area (Å²) >= 11 is 0. The lowest BCUT2D eigenvalue weighted by Gasteiger charge is -2.27. The van der Waals surface area contributed by atoms with Crippen molar-refractivity contribution in [3.8, 4) is 5.75 Å². The number of carbonyl (C=O) groups is 3. The van der Waals surface area contributed by atoms with Crippen molar-refractivity contribution in [3.63, 3.8) is 0 Å². The Morgan fingerprint density at radius 1 is 1.23 bits per heavy atom. The van der Waals surface area contributed by atoms with Crippen molar-refractivity contribution < 1.29 is 24.2 Å². The number of aliphatic hydroxyl groups is 1. The first kappa shape index (κ1) is 30.0. The van der Waals surface area contributed by atoms with Crippen molar-refractivity contribution in [1.29, 1.82) is 0 Å². The first-order valence-electron chi connectivity index (χ1n) is 13.5. The quantitative estimate of drug-likeness (QED) is 0.431. The van der Waals surface area contributed by atoms with Crippen LogP contribution in [0, 0.1) is 12.8 Å². The van der Waals surface area contributed by atoms with Crippen LogP contribution < -0.4 is 21.1 Å². The molecule has 1 aliphatic heterocycles. The van der Waals surface area contributed by atoms with E-state index in [0.717, 1.165) is 11.3 Å². The zero-order chi connectivity index (χ0) is 28.5. The molecule has 0 unspecified atom stereocenters. The molecular weight excluding hydrogens is 502 g/mol. The number of ether oxygens (including phenoxy) is 1. The lowest BCUT2D eigenvalue weighted by Crippen LogP contribution is -2.54. The number of rotatable bonds is 4. The van der Waals surface area contributed by atoms with Crippen molar-refractivity contribution in [1.82, 2.24) is 30.5 Å². The van der Waals surface area contributed by atoms with Gasteiger partial charge in [-0.2, -0.15) is 0 Å². The summed E-state index contributed by atoms with van der Waals surface area (Å²) in [4.78, 5) is 40.6. The summed E-state index contributed by atoms with van der Waals surface area (Å²) in [5.74, 6) is -0.462. The van der Waals surface area contributed by atoms with Gasteiger partial charge in [-0.1, -0.05) is 25.1 Å². The lowest BCUT2D eigenvalue weighted by molar-refractivity contribution is -0.133. The van der Waals surface area contributed by atoms with E-state index >= 15 is 0 Å². The zero-order valence-electron chi connectivity index (χ0n) is 23.2. The molecule has 1 aromatic carbocycles. The van der Waals surface area contributed by atoms with Gasteiger partial charge in [0.2, 0.25) is 11.8 Å². The minimum Gasteiger partial charge on any atom is -0.493 e. The van der Waals surface area contributed by atoms with Crippen molar-refractivity contribution in [2.75, 3.05) is 26.2 Å². The second kappa shape index (κ2) is 14.0. The molecule has 0 radical (unpaired) electrons. The molecule has 214 valence electrons. The van der Waals surface area contributed by atoms with Gasteiger partial charge < -0.3 is 31.1 Å². The van der Waals surface area contributed by atoms with E-state index in [1.165, 1.54) is 6.92 Å². The lowest BCUT2D eigenvalue weighted by atomic mass is 10.0. The standard InChI is InChI=1S/C27H41N7O5/c1-17(2)14-22(28)27(38)33-11-8-21-16-34(32-31-21)10-5-13-39-23-15-20(7-6-18(23)3)25(36)30-24(19(4)35)26(37)29-9-12-33/h6-7,15-17,19,22,24,35H,5,8-14,28H2,1-4H3,(H,29,37)(H,30,36)/t19-,22-,24+/m1/s1. The number of nitrogens with one attached hydrogen (secondary N) is 2. The number of carbonyl (C=O) groups excluding carboxylic acids is 3. The summed E-state index contributed by atoms with van der Waals surface area (Å²) < 4.78 is 7.65. The molecule has 1 aliphatic rings. The van der Waals surface area contributed by atoms with Gasteiger partial charge in [-0.3, -0.25) is 19.1 Å². The van der Waals surface area contributed by atoms with Gasteiger partial charge in [-0.15, -0.1) is 5.10 Å². The second-order valence-electron chi connectivity index (χ2n) is 10.4. The van der Waals surface area contributed by atoms with E-state index < -0.39 is 30.0 Å². The number of benzene rings is 1. The van der Waals surface area contributed by atoms with Crippen LogP contribution in [0.3, 0.4) is 0 Å². The number of amides is 3. The summed E-state index contributed by atoms with van der Waals surface area (Å²) in [6.07, 6.45) is 2.38. The fraction of sp³-hybridized carbons (Fsp3) is 0.593. The molecule has 0 fully saturated rings. The molecule has 5 N–H and O–H groups in total. The summed E-state index contributed by atoms with van der Waals surface area (Å²) in [7, 11) is 0. The van der Waals surface area contributed by atoms with Crippen molar-refractivity contribution in [2.24, 2.45) is 11.7 Å². The fourth-order valence-corrected chi connectivity index (χ4v) is 4.35. The number of hydrogen-bond donors (Lipinski definition) is 4. The Bertz CT molecular complexity index is 1130. The van der Waals surface area contributed by atoms with Gasteiger partial charge in [0, 0.05) is 50.8 Å². The molecule has 12 nitrogen and oxygen atoms in total. The second-order valence-corrected chi connectivity index (χ2v) is 10.4. The average Bonchev–Trinajstić information content (AvgIpc) is 3.33. The van der Waals surface area contributed by atoms with E-state index in [9.17, 15) is 19.5 Å². The van der Waals surface area contributed by atoms with Gasteiger partial charge in [-0.05, 0) is 43.9 Å². The molecule has 0 aliphatic carbocycles. The highest BCUT2D eigenvalue weighted by molar-refractivity contribution is 5.98. The van der Waals surface area contributed by atoms with Crippen LogP contribution in [0.5, 0.6) is 5.75 Å². The summed E-state index contributed by atoms with van der Waals surface area (Å²) in [6, 6.07) is 3.19. The minimum atomic E-state index is -1.18. The SMILES string of the molecule is Cc1ccc2cc1OCCCn1cc(nn1)CCN(C(=O)[C@H](N)CC(C)C)CCNC(=O)[C@H]([C@@H](C)O)NC2=O. The maximum Gasteiger partial charge on any atom is 0.252 e. The monoisotopic (exact) mass is 543 g/mol. The third-order valence-electron chi connectivity index (χ3n) is 6.55. The smallest absolute Gasteiger partial charge is 0.252 e. The van der Waals surface area contributed by atoms with Gasteiger partial charge in [0.05, 0.1) is 24.4 Å². The average molecular weight is 544 g/mol. The van der Waals surface area contributed by atoms with Crippen LogP contribution in [0.25, 0.3) is 0 Å². The Morgan fingerprint density at radius 3 is 2.72 bits per heavy atom. The van der Waals surface area contributed by atoms with Crippen molar-refractivity contribution in [3.05, 3.63) is 41.2 Å². The molecule has 3 rings (SSSR count). The molecule has 3 amide bonds. The molecule has 0 saturated heterocycles. The maximum atomic E-state index is 13.1. The Hall–Kier alpha value is -3.51. The van der Waals surface area contributed by atoms with Crippen LogP contribution in [0.1, 0.15) is 55.2 Å². The fourth-order valence-electron chi connectivity index (χ4n) is 4.35. The normalized spacial score (nSPS) is 19.5. The van der Waals surface area contributed by atoms with Gasteiger partial charge in [0.25, 0.3) is 5.91 Å². The van der Waals surface area contributed by atoms with Crippen LogP contribution >= 0.6 is 0 Å². The van der Waals surface area contributed by atoms with Gasteiger partial charge >= 0.3 is 0 Å². The number of nitrogens with two attached hydrogens (primary N) is 1. The Labute approximate surface area is 229 Å². The van der Waals surface area contributed by atoms with E-state index in [2.05, 4.69) is 20.9 Å². The maximum absolute atomic E-state index is 13.1. The molecule has 4 bridgehead atoms. The topological polar surface area (TPSA) is 165 Å². The molecule has 2 heterocycles. The highest BCUT2D eigenvalue weighted by Crippen LogP contribution is 2.20. The van der Waals surface area contributed by atoms with Crippen LogP contribution in [-0.2, 0) is 22.6 Å². The zero-order valence-corrected chi connectivity index (χ0v) is 23.2. The largest absolute Gasteiger partial charge is 0.493 e. The highest BCUT2D eigenvalue weighted by Gasteiger charge is 2.27. The van der Waals surface area contributed by atoms with Crippen LogP contribution in [-0.4, -0.2) is 87.2 Å². The number of aliphatic hydroxyl groups excluding tert-OH is 1. The highest BCUT2D eigenvalue weighted by atomic mass is 16.5. The number of aryl methyl sites for hydroxylation is 2. The molecule has 2 aromatic rings. The van der Waals surface area contributed by atoms with Gasteiger partial charge in [0.15, 0.2) is 0 Å². The Morgan fingerprint density at radius 2 is 2.00 bits per heavy atom. The molecular formula is C27H41N7O5. The first-order valence-corrected chi connectivity index (χ1v) is 13.5. The predicted octanol–water partition coefficient (Wildman–Crippen LogP) is 0.409. The molecule has 1 aromatic heterocycles.